The van der Waals surface area contributed by atoms with E-state index in [0.717, 1.165) is 24.0 Å². The van der Waals surface area contributed by atoms with E-state index in [9.17, 15) is 14.4 Å². The van der Waals surface area contributed by atoms with Gasteiger partial charge in [-0.2, -0.15) is 0 Å². The summed E-state index contributed by atoms with van der Waals surface area (Å²) >= 11 is 0. The molecule has 0 aromatic heterocycles. The monoisotopic (exact) mass is 373 g/mol. The van der Waals surface area contributed by atoms with Crippen LogP contribution in [0.2, 0.25) is 0 Å². The second kappa shape index (κ2) is 8.08. The summed E-state index contributed by atoms with van der Waals surface area (Å²) in [6.45, 7) is 4.54. The van der Waals surface area contributed by atoms with Gasteiger partial charge < -0.3 is 19.9 Å². The first-order valence-corrected chi connectivity index (χ1v) is 9.37. The first-order chi connectivity index (χ1) is 12.9. The summed E-state index contributed by atoms with van der Waals surface area (Å²) in [4.78, 5) is 40.1. The van der Waals surface area contributed by atoms with Gasteiger partial charge in [0.15, 0.2) is 6.10 Å². The normalized spacial score (nSPS) is 24.0. The molecule has 2 fully saturated rings. The van der Waals surface area contributed by atoms with Crippen LogP contribution in [0.25, 0.3) is 0 Å². The molecule has 1 aromatic carbocycles. The van der Waals surface area contributed by atoms with E-state index in [1.807, 2.05) is 31.2 Å². The van der Waals surface area contributed by atoms with Gasteiger partial charge in [-0.1, -0.05) is 24.3 Å². The minimum atomic E-state index is -0.717. The third-order valence-corrected chi connectivity index (χ3v) is 5.45. The maximum atomic E-state index is 13.2. The molecule has 7 heteroatoms. The Kier molecular flexibility index (Phi) is 5.79. The van der Waals surface area contributed by atoms with Crippen LogP contribution in [0.5, 0.6) is 0 Å². The van der Waals surface area contributed by atoms with Gasteiger partial charge in [-0.15, -0.1) is 0 Å². The Morgan fingerprint density at radius 3 is 2.48 bits per heavy atom. The second-order valence-electron chi connectivity index (χ2n) is 7.34. The molecule has 3 amide bonds. The molecule has 2 aliphatic heterocycles. The molecule has 0 aliphatic carbocycles. The number of nitrogens with zero attached hydrogens (tertiary/aromatic N) is 2. The van der Waals surface area contributed by atoms with E-state index in [2.05, 4.69) is 5.32 Å². The molecule has 1 aromatic rings. The predicted molar refractivity (Wildman–Crippen MR) is 99.8 cm³/mol. The number of piperidine rings is 1. The Hall–Kier alpha value is -2.41. The van der Waals surface area contributed by atoms with Gasteiger partial charge >= 0.3 is 0 Å². The van der Waals surface area contributed by atoms with Gasteiger partial charge in [-0.3, -0.25) is 14.4 Å². The van der Waals surface area contributed by atoms with E-state index in [4.69, 9.17) is 4.74 Å². The minimum Gasteiger partial charge on any atom is -0.356 e. The smallest absolute Gasteiger partial charge is 0.254 e. The second-order valence-corrected chi connectivity index (χ2v) is 7.34. The molecule has 0 radical (unpaired) electrons. The number of ether oxygens (including phenoxy) is 1. The van der Waals surface area contributed by atoms with E-state index in [0.29, 0.717) is 13.1 Å². The van der Waals surface area contributed by atoms with Crippen LogP contribution in [0.15, 0.2) is 24.3 Å². The number of rotatable bonds is 3. The number of carbonyl (C=O) groups excluding carboxylic acids is 3. The summed E-state index contributed by atoms with van der Waals surface area (Å²) in [7, 11) is 1.73. The van der Waals surface area contributed by atoms with Crippen molar-refractivity contribution in [1.29, 1.82) is 0 Å². The molecule has 7 nitrogen and oxygen atoms in total. The van der Waals surface area contributed by atoms with Crippen molar-refractivity contribution in [2.45, 2.75) is 44.9 Å². The van der Waals surface area contributed by atoms with Crippen LogP contribution in [0.1, 0.15) is 36.9 Å². The number of hydrogen-bond acceptors (Lipinski definition) is 4. The highest BCUT2D eigenvalue weighted by molar-refractivity contribution is 5.86. The van der Waals surface area contributed by atoms with Crippen LogP contribution in [-0.4, -0.2) is 66.4 Å². The summed E-state index contributed by atoms with van der Waals surface area (Å²) < 4.78 is 5.74. The van der Waals surface area contributed by atoms with Crippen LogP contribution >= 0.6 is 0 Å². The zero-order chi connectivity index (χ0) is 19.6. The Balaban J connectivity index is 1.77. The van der Waals surface area contributed by atoms with Crippen LogP contribution in [0, 0.1) is 6.92 Å². The number of likely N-dealkylation sites (tertiary alicyclic amines) is 1. The SMILES string of the molecule is CC(=O)NC1CCN(C(=O)[C@H]2OCC(=O)N(C)[C@@H]2c2ccccc2C)CC1. The van der Waals surface area contributed by atoms with Crippen molar-refractivity contribution in [3.63, 3.8) is 0 Å². The third-order valence-electron chi connectivity index (χ3n) is 5.45. The summed E-state index contributed by atoms with van der Waals surface area (Å²) in [6, 6.07) is 7.44. The molecule has 0 saturated carbocycles. The first kappa shape index (κ1) is 19.4. The van der Waals surface area contributed by atoms with Crippen molar-refractivity contribution in [2.75, 3.05) is 26.7 Å². The van der Waals surface area contributed by atoms with Gasteiger partial charge in [0.2, 0.25) is 11.8 Å². The number of nitrogens with one attached hydrogen (secondary N) is 1. The lowest BCUT2D eigenvalue weighted by molar-refractivity contribution is -0.168. The fraction of sp³-hybridized carbons (Fsp3) is 0.550. The summed E-state index contributed by atoms with van der Waals surface area (Å²) in [5, 5.41) is 2.91. The average molecular weight is 373 g/mol. The highest BCUT2D eigenvalue weighted by Crippen LogP contribution is 2.32. The standard InChI is InChI=1S/C20H27N3O4/c1-13-6-4-5-7-16(13)18-19(27-12-17(25)22(18)3)20(26)23-10-8-15(9-11-23)21-14(2)24/h4-7,15,18-19H,8-12H2,1-3H3,(H,21,24)/t18-,19+/m1/s1. The van der Waals surface area contributed by atoms with Crippen molar-refractivity contribution in [1.82, 2.24) is 15.1 Å². The summed E-state index contributed by atoms with van der Waals surface area (Å²) in [5.74, 6) is -0.268. The Labute approximate surface area is 159 Å². The molecular weight excluding hydrogens is 346 g/mol. The first-order valence-electron chi connectivity index (χ1n) is 9.37. The van der Waals surface area contributed by atoms with Crippen molar-refractivity contribution in [3.8, 4) is 0 Å². The minimum absolute atomic E-state index is 0.0462. The lowest BCUT2D eigenvalue weighted by Gasteiger charge is -2.42. The number of aryl methyl sites for hydroxylation is 1. The molecule has 2 heterocycles. The molecule has 0 bridgehead atoms. The van der Waals surface area contributed by atoms with Crippen molar-refractivity contribution in [3.05, 3.63) is 35.4 Å². The summed E-state index contributed by atoms with van der Waals surface area (Å²) in [5.41, 5.74) is 1.95. The number of benzene rings is 1. The molecule has 3 rings (SSSR count). The van der Waals surface area contributed by atoms with Crippen molar-refractivity contribution >= 4 is 17.7 Å². The Bertz CT molecular complexity index is 728. The Morgan fingerprint density at radius 2 is 1.85 bits per heavy atom. The van der Waals surface area contributed by atoms with Gasteiger partial charge in [-0.25, -0.2) is 0 Å². The molecule has 2 atom stereocenters. The quantitative estimate of drug-likeness (QED) is 0.858. The molecule has 2 aliphatic rings. The molecule has 2 saturated heterocycles. The van der Waals surface area contributed by atoms with E-state index in [1.54, 1.807) is 16.8 Å². The van der Waals surface area contributed by atoms with Crippen molar-refractivity contribution < 1.29 is 19.1 Å². The maximum Gasteiger partial charge on any atom is 0.254 e. The molecule has 0 unspecified atom stereocenters. The number of hydrogen-bond donors (Lipinski definition) is 1. The van der Waals surface area contributed by atoms with Crippen LogP contribution < -0.4 is 5.32 Å². The highest BCUT2D eigenvalue weighted by Gasteiger charge is 2.42. The lowest BCUT2D eigenvalue weighted by Crippen LogP contribution is -2.56. The number of amides is 3. The Morgan fingerprint density at radius 1 is 1.19 bits per heavy atom. The molecule has 1 N–H and O–H groups in total. The van der Waals surface area contributed by atoms with Gasteiger partial charge in [0, 0.05) is 33.1 Å². The maximum absolute atomic E-state index is 13.2. The molecule has 0 spiro atoms. The van der Waals surface area contributed by atoms with Gasteiger partial charge in [0.1, 0.15) is 6.61 Å². The molecule has 27 heavy (non-hydrogen) atoms. The lowest BCUT2D eigenvalue weighted by atomic mass is 9.93. The van der Waals surface area contributed by atoms with Gasteiger partial charge in [0.05, 0.1) is 6.04 Å². The van der Waals surface area contributed by atoms with Crippen LogP contribution in [0.4, 0.5) is 0 Å². The average Bonchev–Trinajstić information content (AvgIpc) is 2.64. The number of likely N-dealkylation sites (N-methyl/N-ethyl adjacent to an activating group) is 1. The topological polar surface area (TPSA) is 79.0 Å². The fourth-order valence-electron chi connectivity index (χ4n) is 3.92. The molecule has 146 valence electrons. The van der Waals surface area contributed by atoms with E-state index in [1.165, 1.54) is 6.92 Å². The number of carbonyl (C=O) groups is 3. The van der Waals surface area contributed by atoms with Crippen molar-refractivity contribution in [2.24, 2.45) is 0 Å². The van der Waals surface area contributed by atoms with Crippen LogP contribution in [0.3, 0.4) is 0 Å². The zero-order valence-electron chi connectivity index (χ0n) is 16.1. The fourth-order valence-corrected chi connectivity index (χ4v) is 3.92. The predicted octanol–water partition coefficient (Wildman–Crippen LogP) is 1.02. The van der Waals surface area contributed by atoms with Gasteiger partial charge in [-0.05, 0) is 30.9 Å². The van der Waals surface area contributed by atoms with E-state index >= 15 is 0 Å². The van der Waals surface area contributed by atoms with E-state index < -0.39 is 12.1 Å². The zero-order valence-corrected chi connectivity index (χ0v) is 16.1. The highest BCUT2D eigenvalue weighted by atomic mass is 16.5. The largest absolute Gasteiger partial charge is 0.356 e. The molecular formula is C20H27N3O4. The third kappa shape index (κ3) is 4.13. The summed E-state index contributed by atoms with van der Waals surface area (Å²) in [6.07, 6.45) is 0.732. The van der Waals surface area contributed by atoms with Crippen LogP contribution in [-0.2, 0) is 19.1 Å². The number of morpholine rings is 1. The van der Waals surface area contributed by atoms with Gasteiger partial charge in [0.25, 0.3) is 5.91 Å². The van der Waals surface area contributed by atoms with E-state index in [-0.39, 0.29) is 30.4 Å².